The molecule has 0 spiro atoms. The Labute approximate surface area is 164 Å². The van der Waals surface area contributed by atoms with Crippen molar-refractivity contribution in [1.82, 2.24) is 9.97 Å². The van der Waals surface area contributed by atoms with Gasteiger partial charge >= 0.3 is 0 Å². The van der Waals surface area contributed by atoms with Crippen LogP contribution in [-0.4, -0.2) is 21.8 Å². The molecule has 1 N–H and O–H groups in total. The minimum atomic E-state index is -2.84. The lowest BCUT2D eigenvalue weighted by molar-refractivity contribution is -0.118. The number of aromatic nitrogens is 2. The summed E-state index contributed by atoms with van der Waals surface area (Å²) in [6.07, 6.45) is 1.95. The lowest BCUT2D eigenvalue weighted by atomic mass is 9.83. The zero-order valence-electron chi connectivity index (χ0n) is 14.5. The lowest BCUT2D eigenvalue weighted by Gasteiger charge is -2.23. The van der Waals surface area contributed by atoms with Gasteiger partial charge in [-0.15, -0.1) is 0 Å². The maximum atomic E-state index is 13.8. The zero-order valence-corrected chi connectivity index (χ0v) is 15.2. The summed E-state index contributed by atoms with van der Waals surface area (Å²) < 4.78 is 27.6. The van der Waals surface area contributed by atoms with Crippen LogP contribution in [0.15, 0.2) is 30.6 Å². The standard InChI is InChI=1S/C19H14ClF2N5O/c20-15-9-26-16(10-25-15)27-18(28)17(12-3-4-19(21,22)6-12)11-1-2-13(7-23)14(5-11)8-24/h1-2,5,9-10,12,17H,3-4,6H2,(H,26,27,28). The smallest absolute Gasteiger partial charge is 0.248 e. The third-order valence-corrected chi connectivity index (χ3v) is 4.91. The van der Waals surface area contributed by atoms with Crippen LogP contribution in [0.5, 0.6) is 0 Å². The molecule has 0 radical (unpaired) electrons. The average molecular weight is 402 g/mol. The number of halogens is 3. The molecule has 1 amide bonds. The highest BCUT2D eigenvalue weighted by Gasteiger charge is 2.45. The molecule has 6 nitrogen and oxygen atoms in total. The van der Waals surface area contributed by atoms with Crippen molar-refractivity contribution in [2.45, 2.75) is 31.1 Å². The first-order chi connectivity index (χ1) is 13.3. The first-order valence-corrected chi connectivity index (χ1v) is 8.81. The molecule has 1 aliphatic carbocycles. The monoisotopic (exact) mass is 401 g/mol. The Kier molecular flexibility index (Phi) is 5.53. The molecule has 0 bridgehead atoms. The highest BCUT2D eigenvalue weighted by atomic mass is 35.5. The number of hydrogen-bond acceptors (Lipinski definition) is 5. The van der Waals surface area contributed by atoms with Crippen LogP contribution < -0.4 is 5.32 Å². The Morgan fingerprint density at radius 1 is 1.25 bits per heavy atom. The van der Waals surface area contributed by atoms with Crippen molar-refractivity contribution >= 4 is 23.3 Å². The first kappa shape index (κ1) is 19.7. The van der Waals surface area contributed by atoms with Crippen molar-refractivity contribution < 1.29 is 13.6 Å². The van der Waals surface area contributed by atoms with E-state index >= 15 is 0 Å². The van der Waals surface area contributed by atoms with Crippen molar-refractivity contribution in [3.8, 4) is 12.1 Å². The summed E-state index contributed by atoms with van der Waals surface area (Å²) in [5.41, 5.74) is 0.650. The lowest BCUT2D eigenvalue weighted by Crippen LogP contribution is -2.28. The van der Waals surface area contributed by atoms with Gasteiger partial charge in [0.2, 0.25) is 11.8 Å². The van der Waals surface area contributed by atoms with Crippen LogP contribution in [0, 0.1) is 28.6 Å². The molecule has 1 aromatic heterocycles. The van der Waals surface area contributed by atoms with E-state index in [2.05, 4.69) is 15.3 Å². The Balaban J connectivity index is 1.96. The third-order valence-electron chi connectivity index (χ3n) is 4.71. The molecule has 1 aliphatic rings. The van der Waals surface area contributed by atoms with E-state index in [0.717, 1.165) is 0 Å². The quantitative estimate of drug-likeness (QED) is 0.833. The fourth-order valence-corrected chi connectivity index (χ4v) is 3.53. The van der Waals surface area contributed by atoms with E-state index in [4.69, 9.17) is 16.9 Å². The normalized spacial score (nSPS) is 18.7. The van der Waals surface area contributed by atoms with Gasteiger partial charge in [-0.05, 0) is 30.0 Å². The van der Waals surface area contributed by atoms with E-state index < -0.39 is 30.1 Å². The van der Waals surface area contributed by atoms with Crippen LogP contribution in [0.4, 0.5) is 14.6 Å². The molecule has 1 fully saturated rings. The fraction of sp³-hybridized carbons (Fsp3) is 0.316. The van der Waals surface area contributed by atoms with Crippen LogP contribution >= 0.6 is 11.6 Å². The largest absolute Gasteiger partial charge is 0.309 e. The number of nitrogens with zero attached hydrogens (tertiary/aromatic N) is 4. The number of carbonyl (C=O) groups is 1. The maximum absolute atomic E-state index is 13.8. The minimum Gasteiger partial charge on any atom is -0.309 e. The highest BCUT2D eigenvalue weighted by Crippen LogP contribution is 2.46. The molecule has 1 heterocycles. The van der Waals surface area contributed by atoms with Crippen LogP contribution in [0.2, 0.25) is 5.15 Å². The fourth-order valence-electron chi connectivity index (χ4n) is 3.43. The second-order valence-corrected chi connectivity index (χ2v) is 6.97. The molecule has 9 heteroatoms. The van der Waals surface area contributed by atoms with Gasteiger partial charge in [-0.25, -0.2) is 18.7 Å². The Bertz CT molecular complexity index is 981. The number of nitrogens with one attached hydrogen (secondary N) is 1. The zero-order chi connectivity index (χ0) is 20.3. The number of alkyl halides is 2. The highest BCUT2D eigenvalue weighted by molar-refractivity contribution is 6.29. The minimum absolute atomic E-state index is 0.0915. The summed E-state index contributed by atoms with van der Waals surface area (Å²) in [5, 5.41) is 21.1. The summed E-state index contributed by atoms with van der Waals surface area (Å²) in [6, 6.07) is 8.15. The van der Waals surface area contributed by atoms with Crippen molar-refractivity contribution in [3.05, 3.63) is 52.4 Å². The predicted molar refractivity (Wildman–Crippen MR) is 96.6 cm³/mol. The van der Waals surface area contributed by atoms with E-state index in [1.165, 1.54) is 30.6 Å². The number of hydrogen-bond donors (Lipinski definition) is 1. The number of carbonyl (C=O) groups excluding carboxylic acids is 1. The molecular formula is C19H14ClF2N5O. The molecule has 28 heavy (non-hydrogen) atoms. The van der Waals surface area contributed by atoms with Crippen LogP contribution in [0.3, 0.4) is 0 Å². The van der Waals surface area contributed by atoms with Crippen LogP contribution in [0.25, 0.3) is 0 Å². The molecule has 2 aromatic rings. The van der Waals surface area contributed by atoms with E-state index in [1.807, 2.05) is 12.1 Å². The van der Waals surface area contributed by atoms with Crippen molar-refractivity contribution in [2.75, 3.05) is 5.32 Å². The summed E-state index contributed by atoms with van der Waals surface area (Å²) >= 11 is 5.68. The van der Waals surface area contributed by atoms with Gasteiger partial charge in [0, 0.05) is 12.8 Å². The van der Waals surface area contributed by atoms with Gasteiger partial charge in [-0.2, -0.15) is 10.5 Å². The van der Waals surface area contributed by atoms with E-state index in [1.54, 1.807) is 0 Å². The summed E-state index contributed by atoms with van der Waals surface area (Å²) in [6.45, 7) is 0. The van der Waals surface area contributed by atoms with Gasteiger partial charge in [0.25, 0.3) is 0 Å². The molecule has 3 rings (SSSR count). The number of amides is 1. The van der Waals surface area contributed by atoms with Gasteiger partial charge in [0.1, 0.15) is 17.3 Å². The van der Waals surface area contributed by atoms with Gasteiger partial charge in [-0.1, -0.05) is 17.7 Å². The summed E-state index contributed by atoms with van der Waals surface area (Å²) in [5.74, 6) is -4.78. The van der Waals surface area contributed by atoms with Gasteiger partial charge < -0.3 is 5.32 Å². The molecule has 2 atom stereocenters. The van der Waals surface area contributed by atoms with Crippen molar-refractivity contribution in [1.29, 1.82) is 10.5 Å². The second-order valence-electron chi connectivity index (χ2n) is 6.58. The molecule has 1 aromatic carbocycles. The number of nitriles is 2. The molecule has 0 saturated heterocycles. The Morgan fingerprint density at radius 3 is 2.57 bits per heavy atom. The third kappa shape index (κ3) is 4.24. The Morgan fingerprint density at radius 2 is 2.00 bits per heavy atom. The van der Waals surface area contributed by atoms with Gasteiger partial charge in [0.15, 0.2) is 5.82 Å². The van der Waals surface area contributed by atoms with Gasteiger partial charge in [-0.3, -0.25) is 4.79 Å². The molecule has 0 aliphatic heterocycles. The predicted octanol–water partition coefficient (Wildman–Crippen LogP) is 4.03. The maximum Gasteiger partial charge on any atom is 0.248 e. The van der Waals surface area contributed by atoms with Gasteiger partial charge in [0.05, 0.1) is 29.4 Å². The SMILES string of the molecule is N#Cc1ccc(C(C(=O)Nc2cnc(Cl)cn2)C2CCC(F)(F)C2)cc1C#N. The number of benzene rings is 1. The molecule has 2 unspecified atom stereocenters. The second kappa shape index (κ2) is 7.87. The van der Waals surface area contributed by atoms with E-state index in [-0.39, 0.29) is 34.9 Å². The van der Waals surface area contributed by atoms with E-state index in [9.17, 15) is 18.8 Å². The topological polar surface area (TPSA) is 102 Å². The molecule has 142 valence electrons. The van der Waals surface area contributed by atoms with Crippen molar-refractivity contribution in [3.63, 3.8) is 0 Å². The first-order valence-electron chi connectivity index (χ1n) is 8.43. The number of rotatable bonds is 4. The Hall–Kier alpha value is -3.10. The van der Waals surface area contributed by atoms with Crippen LogP contribution in [-0.2, 0) is 4.79 Å². The summed E-state index contributed by atoms with van der Waals surface area (Å²) in [4.78, 5) is 20.7. The molecule has 1 saturated carbocycles. The number of anilines is 1. The molecular weight excluding hydrogens is 388 g/mol. The summed E-state index contributed by atoms with van der Waals surface area (Å²) in [7, 11) is 0. The van der Waals surface area contributed by atoms with Crippen molar-refractivity contribution in [2.24, 2.45) is 5.92 Å². The average Bonchev–Trinajstić information content (AvgIpc) is 3.03. The van der Waals surface area contributed by atoms with Crippen LogP contribution in [0.1, 0.15) is 41.9 Å². The van der Waals surface area contributed by atoms with E-state index in [0.29, 0.717) is 5.56 Å².